The first-order valence-corrected chi connectivity index (χ1v) is 29.0. The zero-order valence-corrected chi connectivity index (χ0v) is 51.5. The number of nitrogens with zero attached hydrogens (tertiary/aromatic N) is 1. The van der Waals surface area contributed by atoms with E-state index in [1.54, 1.807) is 13.2 Å². The van der Waals surface area contributed by atoms with Gasteiger partial charge in [-0.05, 0) is 134 Å². The van der Waals surface area contributed by atoms with Crippen molar-refractivity contribution in [1.82, 2.24) is 0 Å². The Bertz CT molecular complexity index is 3860. The molecule has 2 heterocycles. The molecule has 0 spiro atoms. The summed E-state index contributed by atoms with van der Waals surface area (Å²) in [6.07, 6.45) is 0. The molecule has 2 aromatic heterocycles. The summed E-state index contributed by atoms with van der Waals surface area (Å²) in [5.74, 6) is 3.51. The van der Waals surface area contributed by atoms with E-state index in [0.29, 0.717) is 46.2 Å². The van der Waals surface area contributed by atoms with E-state index in [1.807, 2.05) is 83.1 Å². The second-order valence-electron chi connectivity index (χ2n) is 23.1. The zero-order chi connectivity index (χ0) is 59.6. The zero-order valence-electron chi connectivity index (χ0n) is 51.5. The van der Waals surface area contributed by atoms with E-state index in [4.69, 9.17) is 13.6 Å². The monoisotopic (exact) mass is 1090 g/mol. The van der Waals surface area contributed by atoms with Crippen LogP contribution in [0, 0.1) is 6.92 Å². The van der Waals surface area contributed by atoms with Crippen molar-refractivity contribution < 1.29 is 13.6 Å². The first kappa shape index (κ1) is 63.0. The molecule has 0 aliphatic carbocycles. The maximum atomic E-state index is 11.7. The van der Waals surface area contributed by atoms with Gasteiger partial charge in [-0.2, -0.15) is 0 Å². The van der Waals surface area contributed by atoms with E-state index in [2.05, 4.69) is 220 Å². The number of ether oxygens (including phenoxy) is 1. The molecule has 426 valence electrons. The van der Waals surface area contributed by atoms with Gasteiger partial charge in [0.2, 0.25) is 0 Å². The fourth-order valence-electron chi connectivity index (χ4n) is 9.64. The number of methoxy groups -OCH3 is 1. The SMILES string of the molecule is CC(C)c1ccc2ccccc2c1.CC(C)c1cccc2c(N(C)C)cccc12.CC(C)c1cccc2ccccc12.CC(C)c1ccccc1.COc1ccc2cc(C(C)C)c(=O)oc2c1.Cc1ccc2cc(C(C)C)c(=O)oc2c1. The lowest BCUT2D eigenvalue weighted by molar-refractivity contribution is 0.414. The highest BCUT2D eigenvalue weighted by Gasteiger charge is 2.12. The maximum absolute atomic E-state index is 11.7. The molecule has 0 N–H and O–H groups in total. The highest BCUT2D eigenvalue weighted by atomic mass is 16.5. The van der Waals surface area contributed by atoms with E-state index in [-0.39, 0.29) is 23.1 Å². The predicted molar refractivity (Wildman–Crippen MR) is 353 cm³/mol. The first-order valence-electron chi connectivity index (χ1n) is 29.0. The number of fused-ring (bicyclic) bond motifs is 5. The number of hydrogen-bond donors (Lipinski definition) is 0. The Morgan fingerprint density at radius 1 is 0.354 bits per heavy atom. The molecule has 0 fully saturated rings. The summed E-state index contributed by atoms with van der Waals surface area (Å²) in [6, 6.07) is 69.1. The van der Waals surface area contributed by atoms with Crippen molar-refractivity contribution in [2.75, 3.05) is 26.1 Å². The molecule has 0 saturated heterocycles. The second kappa shape index (κ2) is 30.0. The van der Waals surface area contributed by atoms with Crippen molar-refractivity contribution in [3.8, 4) is 5.75 Å². The molecule has 0 bridgehead atoms. The van der Waals surface area contributed by atoms with E-state index in [1.165, 1.54) is 60.3 Å². The normalized spacial score (nSPS) is 11.0. The van der Waals surface area contributed by atoms with Crippen LogP contribution in [0.5, 0.6) is 5.75 Å². The molecular weight excluding hydrogens is 1010 g/mol. The van der Waals surface area contributed by atoms with Crippen molar-refractivity contribution in [2.45, 2.75) is 126 Å². The van der Waals surface area contributed by atoms with Crippen LogP contribution in [0.3, 0.4) is 0 Å². The summed E-state index contributed by atoms with van der Waals surface area (Å²) in [4.78, 5) is 25.5. The Morgan fingerprint density at radius 3 is 1.35 bits per heavy atom. The molecule has 0 aliphatic rings. The molecular formula is C76H87NO5. The Kier molecular flexibility index (Phi) is 23.0. The van der Waals surface area contributed by atoms with Gasteiger partial charge in [-0.15, -0.1) is 0 Å². The third-order valence-electron chi connectivity index (χ3n) is 14.5. The summed E-state index contributed by atoms with van der Waals surface area (Å²) < 4.78 is 15.6. The van der Waals surface area contributed by atoms with Gasteiger partial charge in [0.1, 0.15) is 16.9 Å². The standard InChI is InChI=1S/C15H19N.C13H14O3.C13H14O2.2C13H14.C9H12/c1-11(2)12-7-5-9-14-13(12)8-6-10-15(14)16(3)4;1-8(2)11-6-9-4-5-10(15-3)7-12(9)16-13(11)14;1-8(2)11-7-10-5-4-9(3)6-12(10)15-13(11)14;1-10(2)12-9-5-7-11-6-3-4-8-13(11)12;1-10(2)12-8-7-11-5-3-4-6-13(11)9-12;1-8(2)9-6-4-3-5-7-9/h5-11H,1-4H3;4-8H,1-3H3;4-8H,1-3H3;2*3-10H,1-2H3;3-8H,1-2H3. The highest BCUT2D eigenvalue weighted by Crippen LogP contribution is 2.32. The Labute approximate surface area is 488 Å². The van der Waals surface area contributed by atoms with E-state index in [9.17, 15) is 9.59 Å². The largest absolute Gasteiger partial charge is 0.497 e. The van der Waals surface area contributed by atoms with Crippen molar-refractivity contribution in [1.29, 1.82) is 0 Å². The molecule has 0 atom stereocenters. The molecule has 6 nitrogen and oxygen atoms in total. The minimum atomic E-state index is -0.268. The summed E-state index contributed by atoms with van der Waals surface area (Å²) in [5, 5.41) is 10.0. The molecule has 0 radical (unpaired) electrons. The van der Waals surface area contributed by atoms with Crippen LogP contribution in [-0.2, 0) is 0 Å². The molecule has 9 aromatic carbocycles. The lowest BCUT2D eigenvalue weighted by Gasteiger charge is -2.17. The molecule has 11 rings (SSSR count). The van der Waals surface area contributed by atoms with Crippen molar-refractivity contribution in [3.63, 3.8) is 0 Å². The van der Waals surface area contributed by atoms with Gasteiger partial charge in [0, 0.05) is 53.1 Å². The van der Waals surface area contributed by atoms with Crippen LogP contribution in [0.25, 0.3) is 54.3 Å². The van der Waals surface area contributed by atoms with Crippen molar-refractivity contribution in [3.05, 3.63) is 260 Å². The van der Waals surface area contributed by atoms with E-state index in [0.717, 1.165) is 21.9 Å². The fraction of sp³-hybridized carbons (Fsp3) is 0.289. The van der Waals surface area contributed by atoms with Gasteiger partial charge in [0.15, 0.2) is 0 Å². The Balaban J connectivity index is 0.000000159. The summed E-state index contributed by atoms with van der Waals surface area (Å²) in [6.45, 7) is 27.7. The Hall–Kier alpha value is -8.22. The van der Waals surface area contributed by atoms with Crippen LogP contribution in [0.1, 0.15) is 158 Å². The molecule has 0 unspecified atom stereocenters. The molecule has 6 heteroatoms. The van der Waals surface area contributed by atoms with Gasteiger partial charge >= 0.3 is 11.3 Å². The van der Waals surface area contributed by atoms with Crippen molar-refractivity contribution in [2.24, 2.45) is 0 Å². The topological polar surface area (TPSA) is 72.9 Å². The summed E-state index contributed by atoms with van der Waals surface area (Å²) in [7, 11) is 5.77. The van der Waals surface area contributed by atoms with Gasteiger partial charge in [0.25, 0.3) is 0 Å². The average Bonchev–Trinajstić information content (AvgIpc) is 3.66. The van der Waals surface area contributed by atoms with Crippen LogP contribution in [0.4, 0.5) is 5.69 Å². The molecule has 0 amide bonds. The van der Waals surface area contributed by atoms with Crippen LogP contribution >= 0.6 is 0 Å². The quantitative estimate of drug-likeness (QED) is 0.141. The highest BCUT2D eigenvalue weighted by molar-refractivity contribution is 5.96. The van der Waals surface area contributed by atoms with E-state index < -0.39 is 0 Å². The summed E-state index contributed by atoms with van der Waals surface area (Å²) >= 11 is 0. The molecule has 0 aliphatic heterocycles. The smallest absolute Gasteiger partial charge is 0.339 e. The van der Waals surface area contributed by atoms with Gasteiger partial charge in [0.05, 0.1) is 7.11 Å². The lowest BCUT2D eigenvalue weighted by Crippen LogP contribution is -2.09. The van der Waals surface area contributed by atoms with Crippen LogP contribution in [0.15, 0.2) is 219 Å². The van der Waals surface area contributed by atoms with Gasteiger partial charge in [-0.25, -0.2) is 9.59 Å². The number of benzene rings is 9. The first-order chi connectivity index (χ1) is 39.2. The Morgan fingerprint density at radius 2 is 0.805 bits per heavy atom. The number of rotatable bonds is 8. The van der Waals surface area contributed by atoms with Crippen LogP contribution < -0.4 is 20.9 Å². The van der Waals surface area contributed by atoms with Crippen LogP contribution in [0.2, 0.25) is 0 Å². The minimum absolute atomic E-state index is 0.169. The van der Waals surface area contributed by atoms with Gasteiger partial charge < -0.3 is 18.5 Å². The van der Waals surface area contributed by atoms with Gasteiger partial charge in [-0.1, -0.05) is 241 Å². The van der Waals surface area contributed by atoms with Gasteiger partial charge in [-0.3, -0.25) is 0 Å². The lowest BCUT2D eigenvalue weighted by atomic mass is 9.95. The third-order valence-corrected chi connectivity index (χ3v) is 14.5. The fourth-order valence-corrected chi connectivity index (χ4v) is 9.64. The van der Waals surface area contributed by atoms with Crippen LogP contribution in [-0.4, -0.2) is 21.2 Å². The number of anilines is 1. The summed E-state index contributed by atoms with van der Waals surface area (Å²) in [5.41, 5.74) is 10.3. The molecule has 0 saturated carbocycles. The maximum Gasteiger partial charge on any atom is 0.339 e. The number of aryl methyl sites for hydroxylation is 1. The average molecular weight is 1090 g/mol. The minimum Gasteiger partial charge on any atom is -0.497 e. The second-order valence-corrected chi connectivity index (χ2v) is 23.1. The predicted octanol–water partition coefficient (Wildman–Crippen LogP) is 20.9. The molecule has 11 aromatic rings. The third kappa shape index (κ3) is 17.2. The van der Waals surface area contributed by atoms with Crippen molar-refractivity contribution >= 4 is 59.9 Å². The van der Waals surface area contributed by atoms with E-state index >= 15 is 0 Å². The molecule has 82 heavy (non-hydrogen) atoms. The number of hydrogen-bond acceptors (Lipinski definition) is 6.